The average molecular weight is 915 g/mol. The van der Waals surface area contributed by atoms with Gasteiger partial charge in [-0.25, -0.2) is 4.79 Å². The quantitative estimate of drug-likeness (QED) is 0.0411. The molecule has 2 fully saturated rings. The van der Waals surface area contributed by atoms with Gasteiger partial charge in [-0.05, 0) is 60.9 Å². The van der Waals surface area contributed by atoms with E-state index in [-0.39, 0.29) is 58.0 Å². The van der Waals surface area contributed by atoms with E-state index in [2.05, 4.69) is 9.97 Å². The molecule has 25 heteroatoms. The van der Waals surface area contributed by atoms with E-state index in [0.717, 1.165) is 24.4 Å². The van der Waals surface area contributed by atoms with Gasteiger partial charge in [-0.3, -0.25) is 51.1 Å². The summed E-state index contributed by atoms with van der Waals surface area (Å²) in [4.78, 5) is 75.9. The maximum atomic E-state index is 13.5. The summed E-state index contributed by atoms with van der Waals surface area (Å²) in [5.74, 6) is -0.805. The fourth-order valence-electron chi connectivity index (χ4n) is 5.93. The normalized spacial score (nSPS) is 31.5. The number of nitrogens with zero attached hydrogens (tertiary/aromatic N) is 2. The Morgan fingerprint density at radius 2 is 1.30 bits per heavy atom. The Morgan fingerprint density at radius 1 is 0.717 bits per heavy atom. The van der Waals surface area contributed by atoms with E-state index in [1.54, 1.807) is 6.92 Å². The Labute approximate surface area is 341 Å². The van der Waals surface area contributed by atoms with Crippen LogP contribution in [0.2, 0.25) is 0 Å². The topological polar surface area (TPSA) is 314 Å². The molecule has 4 heterocycles. The second-order valence-electron chi connectivity index (χ2n) is 13.3. The molecular weight excluding hydrogens is 876 g/mol. The molecule has 60 heavy (non-hydrogen) atoms. The van der Waals surface area contributed by atoms with Crippen molar-refractivity contribution in [2.24, 2.45) is 0 Å². The molecular formula is C35H38N2O19P4. The lowest BCUT2D eigenvalue weighted by molar-refractivity contribution is -0.134. The standard InChI is InChI=1S/C35H38N2O19P4/c1-3-7-30(38)51-26-10-5-9-24(16-26)31-53-59(46,47)35(41,60(48,49)54-31)19-23-11-13-28(37-21-23)27-17-25(12-14-29(27)52-33(39)50-4-2)32-55-57(42,43)34(40,58(44,45)56-32)18-22-8-6-15-36-20-22/h5-6,8-17,20-21,31-32,40-41H,3-4,7,18-19H2,1-2H3,(H,42,43)(H,44,45)(H,46,47)(H,48,49). The van der Waals surface area contributed by atoms with Crippen LogP contribution in [0.25, 0.3) is 11.3 Å². The van der Waals surface area contributed by atoms with Crippen molar-refractivity contribution in [3.8, 4) is 22.8 Å². The molecule has 4 unspecified atom stereocenters. The molecule has 4 atom stereocenters. The van der Waals surface area contributed by atoms with Crippen molar-refractivity contribution in [3.63, 3.8) is 0 Å². The Kier molecular flexibility index (Phi) is 13.2. The Bertz CT molecular complexity index is 2400. The van der Waals surface area contributed by atoms with Crippen molar-refractivity contribution in [2.45, 2.75) is 62.3 Å². The highest BCUT2D eigenvalue weighted by atomic mass is 31.2. The number of carbonyl (C=O) groups excluding carboxylic acids is 2. The fourth-order valence-corrected chi connectivity index (χ4v) is 13.1. The van der Waals surface area contributed by atoms with E-state index < -0.39 is 78.1 Å². The molecule has 6 N–H and O–H groups in total. The molecule has 322 valence electrons. The predicted molar refractivity (Wildman–Crippen MR) is 205 cm³/mol. The number of aromatic nitrogens is 2. The maximum Gasteiger partial charge on any atom is 0.513 e. The molecule has 0 amide bonds. The first-order valence-electron chi connectivity index (χ1n) is 17.8. The van der Waals surface area contributed by atoms with Crippen molar-refractivity contribution in [3.05, 3.63) is 108 Å². The zero-order valence-corrected chi connectivity index (χ0v) is 35.0. The molecule has 0 radical (unpaired) electrons. The number of esters is 1. The average Bonchev–Trinajstić information content (AvgIpc) is 3.17. The van der Waals surface area contributed by atoms with Crippen LogP contribution in [0.1, 0.15) is 61.5 Å². The second-order valence-corrected chi connectivity index (χ2v) is 22.0. The number of hydrogen-bond donors (Lipinski definition) is 6. The zero-order chi connectivity index (χ0) is 43.7. The summed E-state index contributed by atoms with van der Waals surface area (Å²) in [6.07, 6.45) is -2.84. The summed E-state index contributed by atoms with van der Waals surface area (Å²) in [6.45, 7) is 3.19. The molecule has 2 aliphatic heterocycles. The van der Waals surface area contributed by atoms with Gasteiger partial charge in [0, 0.05) is 54.5 Å². The molecule has 0 bridgehead atoms. The molecule has 0 aliphatic carbocycles. The van der Waals surface area contributed by atoms with Gasteiger partial charge in [-0.15, -0.1) is 0 Å². The van der Waals surface area contributed by atoms with Gasteiger partial charge in [0.2, 0.25) is 12.6 Å². The number of pyridine rings is 2. The van der Waals surface area contributed by atoms with Crippen LogP contribution in [-0.2, 0) is 58.7 Å². The summed E-state index contributed by atoms with van der Waals surface area (Å²) >= 11 is 0. The van der Waals surface area contributed by atoms with Gasteiger partial charge in [-0.2, -0.15) is 0 Å². The van der Waals surface area contributed by atoms with E-state index >= 15 is 0 Å². The summed E-state index contributed by atoms with van der Waals surface area (Å²) in [5, 5.41) is 15.8. The van der Waals surface area contributed by atoms with Gasteiger partial charge in [0.25, 0.3) is 10.2 Å². The maximum absolute atomic E-state index is 13.5. The summed E-state index contributed by atoms with van der Waals surface area (Å²) < 4.78 is 90.0. The lowest BCUT2D eigenvalue weighted by atomic mass is 10.0. The minimum Gasteiger partial charge on any atom is -0.434 e. The Morgan fingerprint density at radius 3 is 1.82 bits per heavy atom. The van der Waals surface area contributed by atoms with Gasteiger partial charge >= 0.3 is 42.5 Å². The van der Waals surface area contributed by atoms with Crippen LogP contribution < -0.4 is 9.47 Å². The number of hydrogen-bond acceptors (Lipinski definition) is 17. The molecule has 6 rings (SSSR count). The largest absolute Gasteiger partial charge is 0.513 e. The Hall–Kier alpha value is -4.00. The van der Waals surface area contributed by atoms with Gasteiger partial charge in [-0.1, -0.05) is 37.3 Å². The van der Waals surface area contributed by atoms with Crippen molar-refractivity contribution >= 4 is 42.5 Å². The third kappa shape index (κ3) is 9.12. The highest BCUT2D eigenvalue weighted by molar-refractivity contribution is 7.73. The Balaban J connectivity index is 1.27. The lowest BCUT2D eigenvalue weighted by Gasteiger charge is -2.41. The predicted octanol–water partition coefficient (Wildman–Crippen LogP) is 5.99. The van der Waals surface area contributed by atoms with E-state index in [1.807, 2.05) is 0 Å². The highest BCUT2D eigenvalue weighted by Gasteiger charge is 2.68. The molecule has 2 aliphatic rings. The molecule has 21 nitrogen and oxygen atoms in total. The van der Waals surface area contributed by atoms with Gasteiger partial charge < -0.3 is 44.0 Å². The number of benzene rings is 2. The molecule has 2 aromatic heterocycles. The summed E-state index contributed by atoms with van der Waals surface area (Å²) in [6, 6.07) is 14.0. The highest BCUT2D eigenvalue weighted by Crippen LogP contribution is 2.80. The van der Waals surface area contributed by atoms with Gasteiger partial charge in [0.15, 0.2) is 0 Å². The smallest absolute Gasteiger partial charge is 0.434 e. The number of aliphatic hydroxyl groups is 2. The van der Waals surface area contributed by atoms with Crippen LogP contribution in [0.15, 0.2) is 85.3 Å². The van der Waals surface area contributed by atoms with E-state index in [4.69, 9.17) is 32.3 Å². The van der Waals surface area contributed by atoms with Crippen molar-refractivity contribution in [2.75, 3.05) is 6.61 Å². The first-order chi connectivity index (χ1) is 28.1. The van der Waals surface area contributed by atoms with Crippen LogP contribution in [-0.4, -0.2) is 68.7 Å². The van der Waals surface area contributed by atoms with Crippen LogP contribution >= 0.6 is 30.4 Å². The third-order valence-corrected chi connectivity index (χ3v) is 18.2. The first kappa shape index (κ1) is 45.5. The SMILES string of the molecule is CCCC(=O)Oc1cccc(C2OP(=O)(O)C(O)(Cc3ccc(-c4cc(C5OP(=O)(O)C(O)(Cc6cccnc6)P(=O)(O)O5)ccc4OC(=O)OCC)nc3)P(=O)(O)O2)c1. The number of carbonyl (C=O) groups is 2. The van der Waals surface area contributed by atoms with Crippen LogP contribution in [0.5, 0.6) is 11.5 Å². The minimum absolute atomic E-state index is 0.00314. The van der Waals surface area contributed by atoms with Gasteiger partial charge in [0.05, 0.1) is 12.3 Å². The molecule has 0 spiro atoms. The lowest BCUT2D eigenvalue weighted by Crippen LogP contribution is -2.38. The van der Waals surface area contributed by atoms with E-state index in [9.17, 15) is 57.6 Å². The number of ether oxygens (including phenoxy) is 3. The molecule has 2 aromatic carbocycles. The number of rotatable bonds is 12. The summed E-state index contributed by atoms with van der Waals surface area (Å²) in [5.41, 5.74) is -0.436. The monoisotopic (exact) mass is 914 g/mol. The minimum atomic E-state index is -5.47. The van der Waals surface area contributed by atoms with Gasteiger partial charge in [0.1, 0.15) is 11.5 Å². The molecule has 2 saturated heterocycles. The first-order valence-corrected chi connectivity index (χ1v) is 24.1. The fraction of sp³-hybridized carbons (Fsp3) is 0.314. The van der Waals surface area contributed by atoms with E-state index in [1.165, 1.54) is 67.8 Å². The zero-order valence-electron chi connectivity index (χ0n) is 31.4. The van der Waals surface area contributed by atoms with Crippen molar-refractivity contribution < 1.29 is 89.9 Å². The van der Waals surface area contributed by atoms with Crippen LogP contribution in [0, 0.1) is 0 Å². The molecule has 0 saturated carbocycles. The second kappa shape index (κ2) is 17.4. The molecule has 4 aromatic rings. The summed E-state index contributed by atoms with van der Waals surface area (Å²) in [7, 11) is -21.8. The van der Waals surface area contributed by atoms with Crippen LogP contribution in [0.3, 0.4) is 0 Å². The van der Waals surface area contributed by atoms with Crippen molar-refractivity contribution in [1.29, 1.82) is 0 Å². The van der Waals surface area contributed by atoms with Crippen molar-refractivity contribution in [1.82, 2.24) is 9.97 Å². The third-order valence-electron chi connectivity index (χ3n) is 9.02. The van der Waals surface area contributed by atoms with E-state index in [0.29, 0.717) is 6.42 Å². The van der Waals surface area contributed by atoms with Crippen LogP contribution in [0.4, 0.5) is 4.79 Å².